The Morgan fingerprint density at radius 3 is 2.76 bits per heavy atom. The largest absolute Gasteiger partial charge is 0.485 e. The quantitative estimate of drug-likeness (QED) is 0.754. The third kappa shape index (κ3) is 3.90. The van der Waals surface area contributed by atoms with Crippen LogP contribution < -0.4 is 10.4 Å². The summed E-state index contributed by atoms with van der Waals surface area (Å²) < 4.78 is 11.6. The predicted octanol–water partition coefficient (Wildman–Crippen LogP) is 4.57. The molecule has 29 heavy (non-hydrogen) atoms. The molecule has 4 rings (SSSR count). The second-order valence-electron chi connectivity index (χ2n) is 7.94. The van der Waals surface area contributed by atoms with Gasteiger partial charge in [-0.15, -0.1) is 0 Å². The summed E-state index contributed by atoms with van der Waals surface area (Å²) in [5.41, 5.74) is 2.91. The molecule has 0 amide bonds. The molecule has 0 bridgehead atoms. The van der Waals surface area contributed by atoms with E-state index in [9.17, 15) is 14.7 Å². The van der Waals surface area contributed by atoms with Crippen LogP contribution in [0.4, 0.5) is 0 Å². The van der Waals surface area contributed by atoms with Crippen molar-refractivity contribution in [2.75, 3.05) is 0 Å². The number of hydrogen-bond acceptors (Lipinski definition) is 4. The van der Waals surface area contributed by atoms with Gasteiger partial charge in [0, 0.05) is 6.07 Å². The monoisotopic (exact) mass is 392 g/mol. The van der Waals surface area contributed by atoms with E-state index in [-0.39, 0.29) is 18.3 Å². The molecule has 2 aromatic rings. The average Bonchev–Trinajstić information content (AvgIpc) is 2.70. The average molecular weight is 392 g/mol. The van der Waals surface area contributed by atoms with Crippen LogP contribution in [0.5, 0.6) is 5.75 Å². The SMILES string of the molecule is C=C(C)[C@H]1CCC2=Cc3c(cc(C(Cc4ccccc4)C(=O)O)oc3=O)O[C@H]2C1. The van der Waals surface area contributed by atoms with Gasteiger partial charge in [-0.3, -0.25) is 4.79 Å². The molecule has 1 saturated carbocycles. The van der Waals surface area contributed by atoms with Crippen LogP contribution in [-0.2, 0) is 11.2 Å². The summed E-state index contributed by atoms with van der Waals surface area (Å²) in [6.07, 6.45) is 4.67. The van der Waals surface area contributed by atoms with E-state index in [1.807, 2.05) is 43.3 Å². The van der Waals surface area contributed by atoms with E-state index in [0.717, 1.165) is 36.0 Å². The molecule has 1 unspecified atom stereocenters. The molecule has 5 heteroatoms. The van der Waals surface area contributed by atoms with E-state index < -0.39 is 17.5 Å². The first-order valence-corrected chi connectivity index (χ1v) is 9.89. The lowest BCUT2D eigenvalue weighted by molar-refractivity contribution is -0.139. The first-order chi connectivity index (χ1) is 13.9. The van der Waals surface area contributed by atoms with Crippen LogP contribution in [-0.4, -0.2) is 17.2 Å². The van der Waals surface area contributed by atoms with Crippen molar-refractivity contribution in [2.45, 2.75) is 44.6 Å². The smallest absolute Gasteiger partial charge is 0.347 e. The van der Waals surface area contributed by atoms with Crippen molar-refractivity contribution in [3.8, 4) is 5.75 Å². The third-order valence-corrected chi connectivity index (χ3v) is 5.88. The highest BCUT2D eigenvalue weighted by molar-refractivity contribution is 5.76. The van der Waals surface area contributed by atoms with Crippen LogP contribution in [0.3, 0.4) is 0 Å². The van der Waals surface area contributed by atoms with Gasteiger partial charge in [0.25, 0.3) is 0 Å². The van der Waals surface area contributed by atoms with Crippen LogP contribution in [0.1, 0.15) is 49.0 Å². The maximum absolute atomic E-state index is 12.6. The van der Waals surface area contributed by atoms with Crippen molar-refractivity contribution < 1.29 is 19.1 Å². The maximum atomic E-state index is 12.6. The molecular formula is C24H24O5. The molecule has 1 aromatic carbocycles. The molecule has 150 valence electrons. The molecule has 1 fully saturated rings. The maximum Gasteiger partial charge on any atom is 0.347 e. The second-order valence-corrected chi connectivity index (χ2v) is 7.94. The number of rotatable bonds is 5. The number of fused-ring (bicyclic) bond motifs is 2. The van der Waals surface area contributed by atoms with E-state index in [1.165, 1.54) is 0 Å². The molecule has 2 heterocycles. The zero-order valence-electron chi connectivity index (χ0n) is 16.4. The van der Waals surface area contributed by atoms with Gasteiger partial charge in [-0.25, -0.2) is 4.79 Å². The lowest BCUT2D eigenvalue weighted by Crippen LogP contribution is -2.32. The number of aliphatic carboxylic acids is 1. The van der Waals surface area contributed by atoms with Gasteiger partial charge in [0.15, 0.2) is 0 Å². The van der Waals surface area contributed by atoms with Gasteiger partial charge in [0.2, 0.25) is 0 Å². The zero-order chi connectivity index (χ0) is 20.5. The molecule has 0 radical (unpaired) electrons. The number of carboxylic acids is 1. The van der Waals surface area contributed by atoms with Crippen molar-refractivity contribution in [1.82, 2.24) is 0 Å². The molecule has 1 aliphatic heterocycles. The lowest BCUT2D eigenvalue weighted by Gasteiger charge is -2.35. The fourth-order valence-electron chi connectivity index (χ4n) is 4.16. The topological polar surface area (TPSA) is 76.7 Å². The van der Waals surface area contributed by atoms with E-state index >= 15 is 0 Å². The van der Waals surface area contributed by atoms with E-state index in [2.05, 4.69) is 6.58 Å². The Kier molecular flexibility index (Phi) is 5.14. The Bertz CT molecular complexity index is 1030. The van der Waals surface area contributed by atoms with Gasteiger partial charge < -0.3 is 14.3 Å². The number of allylic oxidation sites excluding steroid dienone is 1. The Morgan fingerprint density at radius 2 is 2.07 bits per heavy atom. The van der Waals surface area contributed by atoms with E-state index in [0.29, 0.717) is 17.2 Å². The molecule has 1 aliphatic carbocycles. The Labute approximate surface area is 169 Å². The molecule has 3 atom stereocenters. The van der Waals surface area contributed by atoms with Gasteiger partial charge >= 0.3 is 11.6 Å². The molecule has 5 nitrogen and oxygen atoms in total. The minimum absolute atomic E-state index is 0.106. The molecule has 1 aromatic heterocycles. The first kappa shape index (κ1) is 19.2. The van der Waals surface area contributed by atoms with Crippen molar-refractivity contribution in [2.24, 2.45) is 5.92 Å². The summed E-state index contributed by atoms with van der Waals surface area (Å²) in [6.45, 7) is 6.10. The first-order valence-electron chi connectivity index (χ1n) is 9.89. The van der Waals surface area contributed by atoms with E-state index in [1.54, 1.807) is 6.07 Å². The molecule has 2 aliphatic rings. The molecule has 0 saturated heterocycles. The number of carboxylic acid groups (broad SMARTS) is 1. The lowest BCUT2D eigenvalue weighted by atomic mass is 9.79. The normalized spacial score (nSPS) is 21.2. The third-order valence-electron chi connectivity index (χ3n) is 5.88. The van der Waals surface area contributed by atoms with Gasteiger partial charge in [-0.1, -0.05) is 42.5 Å². The highest BCUT2D eigenvalue weighted by Crippen LogP contribution is 2.40. The summed E-state index contributed by atoms with van der Waals surface area (Å²) >= 11 is 0. The molecule has 0 spiro atoms. The highest BCUT2D eigenvalue weighted by atomic mass is 16.5. The number of benzene rings is 1. The molecule has 1 N–H and O–H groups in total. The highest BCUT2D eigenvalue weighted by Gasteiger charge is 2.33. The fraction of sp³-hybridized carbons (Fsp3) is 0.333. The predicted molar refractivity (Wildman–Crippen MR) is 110 cm³/mol. The standard InChI is InChI=1S/C24H24O5/c1-14(2)16-8-9-17-11-19-22(28-20(17)12-16)13-21(29-24(19)27)18(23(25)26)10-15-6-4-3-5-7-15/h3-7,11,13,16,18,20H,1,8-10,12H2,2H3,(H,25,26)/t16-,18?,20-/m0/s1. The number of carbonyl (C=O) groups is 1. The van der Waals surface area contributed by atoms with Gasteiger partial charge in [-0.2, -0.15) is 0 Å². The minimum Gasteiger partial charge on any atom is -0.485 e. The summed E-state index contributed by atoms with van der Waals surface area (Å²) in [6, 6.07) is 10.9. The summed E-state index contributed by atoms with van der Waals surface area (Å²) in [7, 11) is 0. The fourth-order valence-corrected chi connectivity index (χ4v) is 4.16. The van der Waals surface area contributed by atoms with Crippen molar-refractivity contribution in [3.63, 3.8) is 0 Å². The molecular weight excluding hydrogens is 368 g/mol. The van der Waals surface area contributed by atoms with Gasteiger partial charge in [0.05, 0.1) is 0 Å². The number of hydrogen-bond donors (Lipinski definition) is 1. The van der Waals surface area contributed by atoms with Crippen LogP contribution in [0.15, 0.2) is 63.3 Å². The van der Waals surface area contributed by atoms with Crippen LogP contribution in [0, 0.1) is 5.92 Å². The van der Waals surface area contributed by atoms with Crippen molar-refractivity contribution in [3.05, 3.63) is 81.4 Å². The summed E-state index contributed by atoms with van der Waals surface area (Å²) in [5, 5.41) is 9.74. The van der Waals surface area contributed by atoms with Crippen molar-refractivity contribution >= 4 is 12.0 Å². The Balaban J connectivity index is 1.67. The van der Waals surface area contributed by atoms with Crippen LogP contribution in [0.2, 0.25) is 0 Å². The van der Waals surface area contributed by atoms with Gasteiger partial charge in [-0.05, 0) is 55.7 Å². The zero-order valence-corrected chi connectivity index (χ0v) is 16.4. The number of ether oxygens (including phenoxy) is 1. The van der Waals surface area contributed by atoms with Crippen LogP contribution in [0.25, 0.3) is 6.08 Å². The Hall–Kier alpha value is -3.08. The Morgan fingerprint density at radius 1 is 1.31 bits per heavy atom. The summed E-state index contributed by atoms with van der Waals surface area (Å²) in [4.78, 5) is 24.5. The minimum atomic E-state index is -1.04. The van der Waals surface area contributed by atoms with Gasteiger partial charge in [0.1, 0.15) is 29.1 Å². The van der Waals surface area contributed by atoms with E-state index in [4.69, 9.17) is 9.15 Å². The summed E-state index contributed by atoms with van der Waals surface area (Å²) in [5.74, 6) is -1.08. The second kappa shape index (κ2) is 7.74. The van der Waals surface area contributed by atoms with Crippen LogP contribution >= 0.6 is 0 Å². The van der Waals surface area contributed by atoms with Crippen molar-refractivity contribution in [1.29, 1.82) is 0 Å².